The van der Waals surface area contributed by atoms with E-state index in [1.807, 2.05) is 0 Å². The number of morpholine rings is 1. The second-order valence-electron chi connectivity index (χ2n) is 6.29. The first kappa shape index (κ1) is 14.3. The summed E-state index contributed by atoms with van der Waals surface area (Å²) in [7, 11) is 0. The first-order valence-electron chi connectivity index (χ1n) is 7.77. The molecule has 2 aliphatic rings. The summed E-state index contributed by atoms with van der Waals surface area (Å²) < 4.78 is 5.67. The number of ether oxygens (including phenoxy) is 1. The topological polar surface area (TPSA) is 38.5 Å². The monoisotopic (exact) mass is 254 g/mol. The van der Waals surface area contributed by atoms with Crippen LogP contribution >= 0.6 is 0 Å². The number of nitrogens with zero attached hydrogens (tertiary/aromatic N) is 1. The molecule has 1 atom stereocenters. The minimum atomic E-state index is 0.280. The fraction of sp³-hybridized carbons (Fsp3) is 1.00. The maximum absolute atomic E-state index is 6.15. The van der Waals surface area contributed by atoms with Gasteiger partial charge in [0.05, 0.1) is 12.7 Å². The minimum absolute atomic E-state index is 0.280. The van der Waals surface area contributed by atoms with Gasteiger partial charge in [-0.2, -0.15) is 0 Å². The average molecular weight is 254 g/mol. The zero-order valence-corrected chi connectivity index (χ0v) is 12.2. The quantitative estimate of drug-likeness (QED) is 0.837. The van der Waals surface area contributed by atoms with Gasteiger partial charge in [0, 0.05) is 25.2 Å². The highest BCUT2D eigenvalue weighted by atomic mass is 16.5. The Hall–Kier alpha value is -0.120. The second kappa shape index (κ2) is 6.36. The second-order valence-corrected chi connectivity index (χ2v) is 6.29. The molecule has 0 radical (unpaired) electrons. The van der Waals surface area contributed by atoms with Gasteiger partial charge in [-0.05, 0) is 38.5 Å². The lowest BCUT2D eigenvalue weighted by Gasteiger charge is -2.50. The van der Waals surface area contributed by atoms with Crippen molar-refractivity contribution in [2.24, 2.45) is 11.7 Å². The molecule has 1 saturated heterocycles. The van der Waals surface area contributed by atoms with E-state index >= 15 is 0 Å². The highest BCUT2D eigenvalue weighted by Gasteiger charge is 2.40. The van der Waals surface area contributed by atoms with Crippen LogP contribution in [0, 0.1) is 5.92 Å². The SMILES string of the molecule is CCCC1CCC(CN)(N2CCOC(C)C2)CC1. The van der Waals surface area contributed by atoms with Crippen LogP contribution in [0.25, 0.3) is 0 Å². The summed E-state index contributed by atoms with van der Waals surface area (Å²) in [5, 5.41) is 0. The first-order valence-corrected chi connectivity index (χ1v) is 7.77. The van der Waals surface area contributed by atoms with Crippen LogP contribution in [0.4, 0.5) is 0 Å². The standard InChI is InChI=1S/C15H30N2O/c1-3-4-14-5-7-15(12-16,8-6-14)17-9-10-18-13(2)11-17/h13-14H,3-12,16H2,1-2H3. The van der Waals surface area contributed by atoms with Crippen molar-refractivity contribution in [1.82, 2.24) is 4.90 Å². The summed E-state index contributed by atoms with van der Waals surface area (Å²) in [6.45, 7) is 8.31. The first-order chi connectivity index (χ1) is 8.70. The van der Waals surface area contributed by atoms with Gasteiger partial charge in [0.15, 0.2) is 0 Å². The maximum Gasteiger partial charge on any atom is 0.0674 e. The van der Waals surface area contributed by atoms with Crippen molar-refractivity contribution in [2.75, 3.05) is 26.2 Å². The van der Waals surface area contributed by atoms with Crippen molar-refractivity contribution in [1.29, 1.82) is 0 Å². The molecule has 18 heavy (non-hydrogen) atoms. The third-order valence-electron chi connectivity index (χ3n) is 5.02. The van der Waals surface area contributed by atoms with Crippen LogP contribution in [-0.2, 0) is 4.74 Å². The number of hydrogen-bond acceptors (Lipinski definition) is 3. The molecule has 1 heterocycles. The Balaban J connectivity index is 1.95. The van der Waals surface area contributed by atoms with E-state index in [2.05, 4.69) is 18.7 Å². The van der Waals surface area contributed by atoms with Gasteiger partial charge in [0.2, 0.25) is 0 Å². The highest BCUT2D eigenvalue weighted by molar-refractivity contribution is 4.97. The predicted molar refractivity (Wildman–Crippen MR) is 75.6 cm³/mol. The van der Waals surface area contributed by atoms with Gasteiger partial charge in [-0.25, -0.2) is 0 Å². The van der Waals surface area contributed by atoms with Crippen molar-refractivity contribution in [3.8, 4) is 0 Å². The van der Waals surface area contributed by atoms with Gasteiger partial charge in [0.25, 0.3) is 0 Å². The van der Waals surface area contributed by atoms with E-state index < -0.39 is 0 Å². The molecule has 2 rings (SSSR count). The molecule has 1 aliphatic heterocycles. The summed E-state index contributed by atoms with van der Waals surface area (Å²) in [6.07, 6.45) is 8.43. The molecule has 1 unspecified atom stereocenters. The molecule has 2 fully saturated rings. The smallest absolute Gasteiger partial charge is 0.0674 e. The van der Waals surface area contributed by atoms with Crippen molar-refractivity contribution in [2.45, 2.75) is 64.0 Å². The minimum Gasteiger partial charge on any atom is -0.376 e. The van der Waals surface area contributed by atoms with Gasteiger partial charge in [-0.1, -0.05) is 19.8 Å². The van der Waals surface area contributed by atoms with Gasteiger partial charge >= 0.3 is 0 Å². The Kier molecular flexibility index (Phi) is 5.05. The van der Waals surface area contributed by atoms with Crippen LogP contribution in [0.2, 0.25) is 0 Å². The predicted octanol–water partition coefficient (Wildman–Crippen LogP) is 2.39. The Morgan fingerprint density at radius 3 is 2.61 bits per heavy atom. The summed E-state index contributed by atoms with van der Waals surface area (Å²) in [6, 6.07) is 0. The number of hydrogen-bond donors (Lipinski definition) is 1. The molecule has 3 heteroatoms. The van der Waals surface area contributed by atoms with Gasteiger partial charge in [-0.15, -0.1) is 0 Å². The molecule has 2 N–H and O–H groups in total. The Morgan fingerprint density at radius 1 is 1.33 bits per heavy atom. The van der Waals surface area contributed by atoms with Crippen LogP contribution in [0.5, 0.6) is 0 Å². The average Bonchev–Trinajstić information content (AvgIpc) is 2.40. The lowest BCUT2D eigenvalue weighted by molar-refractivity contribution is -0.0739. The lowest BCUT2D eigenvalue weighted by atomic mass is 9.74. The molecule has 1 aliphatic carbocycles. The summed E-state index contributed by atoms with van der Waals surface area (Å²) in [5.41, 5.74) is 6.43. The molecular formula is C15H30N2O. The van der Waals surface area contributed by atoms with Crippen molar-refractivity contribution in [3.63, 3.8) is 0 Å². The number of nitrogens with two attached hydrogens (primary N) is 1. The molecule has 1 saturated carbocycles. The van der Waals surface area contributed by atoms with Crippen molar-refractivity contribution < 1.29 is 4.74 Å². The summed E-state index contributed by atoms with van der Waals surface area (Å²) in [4.78, 5) is 2.63. The zero-order chi connectivity index (χ0) is 13.0. The van der Waals surface area contributed by atoms with E-state index in [-0.39, 0.29) is 5.54 Å². The van der Waals surface area contributed by atoms with E-state index in [9.17, 15) is 0 Å². The van der Waals surface area contributed by atoms with E-state index in [1.165, 1.54) is 38.5 Å². The molecule has 0 bridgehead atoms. The van der Waals surface area contributed by atoms with Crippen LogP contribution in [0.1, 0.15) is 52.4 Å². The van der Waals surface area contributed by atoms with Gasteiger partial charge < -0.3 is 10.5 Å². The highest BCUT2D eigenvalue weighted by Crippen LogP contribution is 2.38. The van der Waals surface area contributed by atoms with E-state index in [1.54, 1.807) is 0 Å². The Morgan fingerprint density at radius 2 is 2.06 bits per heavy atom. The van der Waals surface area contributed by atoms with Crippen molar-refractivity contribution in [3.05, 3.63) is 0 Å². The van der Waals surface area contributed by atoms with E-state index in [0.717, 1.165) is 32.2 Å². The van der Waals surface area contributed by atoms with Crippen LogP contribution < -0.4 is 5.73 Å². The largest absolute Gasteiger partial charge is 0.376 e. The molecule has 0 aromatic heterocycles. The van der Waals surface area contributed by atoms with E-state index in [4.69, 9.17) is 10.5 Å². The molecule has 3 nitrogen and oxygen atoms in total. The van der Waals surface area contributed by atoms with Gasteiger partial charge in [0.1, 0.15) is 0 Å². The lowest BCUT2D eigenvalue weighted by Crippen LogP contribution is -2.60. The normalized spacial score (nSPS) is 38.8. The molecule has 0 spiro atoms. The molecule has 0 aromatic rings. The molecule has 0 amide bonds. The fourth-order valence-electron chi connectivity index (χ4n) is 3.81. The summed E-state index contributed by atoms with van der Waals surface area (Å²) in [5.74, 6) is 0.952. The maximum atomic E-state index is 6.15. The molecular weight excluding hydrogens is 224 g/mol. The number of rotatable bonds is 4. The summed E-state index contributed by atoms with van der Waals surface area (Å²) >= 11 is 0. The van der Waals surface area contributed by atoms with Crippen LogP contribution in [-0.4, -0.2) is 42.8 Å². The third-order valence-corrected chi connectivity index (χ3v) is 5.02. The Labute approximate surface area is 112 Å². The van der Waals surface area contributed by atoms with Crippen LogP contribution in [0.15, 0.2) is 0 Å². The molecule has 0 aromatic carbocycles. The fourth-order valence-corrected chi connectivity index (χ4v) is 3.81. The third kappa shape index (κ3) is 3.06. The zero-order valence-electron chi connectivity index (χ0n) is 12.2. The Bertz CT molecular complexity index is 249. The van der Waals surface area contributed by atoms with Crippen molar-refractivity contribution >= 4 is 0 Å². The van der Waals surface area contributed by atoms with Gasteiger partial charge in [-0.3, -0.25) is 4.90 Å². The molecule has 106 valence electrons. The van der Waals surface area contributed by atoms with E-state index in [0.29, 0.717) is 6.10 Å². The van der Waals surface area contributed by atoms with Crippen LogP contribution in [0.3, 0.4) is 0 Å².